The van der Waals surface area contributed by atoms with E-state index in [1.165, 1.54) is 14.7 Å². The van der Waals surface area contributed by atoms with Gasteiger partial charge in [-0.2, -0.15) is 0 Å². The molecule has 1 nitrogen and oxygen atoms in total. The molecule has 1 aliphatic carbocycles. The average Bonchev–Trinajstić information content (AvgIpc) is 2.31. The summed E-state index contributed by atoms with van der Waals surface area (Å²) in [5.41, 5.74) is 9.26. The second-order valence-corrected chi connectivity index (χ2v) is 4.07. The summed E-state index contributed by atoms with van der Waals surface area (Å²) < 4.78 is 1.37. The fourth-order valence-electron chi connectivity index (χ4n) is 1.35. The first-order valence-corrected chi connectivity index (χ1v) is 4.58. The zero-order valence-electron chi connectivity index (χ0n) is 5.97. The summed E-state index contributed by atoms with van der Waals surface area (Å²) in [6.07, 6.45) is 3.21. The zero-order valence-corrected chi connectivity index (χ0v) is 8.13. The summed E-state index contributed by atoms with van der Waals surface area (Å²) in [4.78, 5) is 0. The van der Waals surface area contributed by atoms with Crippen LogP contribution in [0.25, 0.3) is 6.08 Å². The molecule has 0 amide bonds. The lowest BCUT2D eigenvalue weighted by atomic mass is 10.1. The highest BCUT2D eigenvalue weighted by Crippen LogP contribution is 2.31. The number of nitrogens with two attached hydrogens (primary N) is 1. The molecule has 0 fully saturated rings. The van der Waals surface area contributed by atoms with E-state index in [-0.39, 0.29) is 0 Å². The number of nitrogen functional groups attached to an aromatic ring is 1. The lowest BCUT2D eigenvalue weighted by Crippen LogP contribution is -1.90. The molecule has 11 heavy (non-hydrogen) atoms. The number of benzene rings is 1. The summed E-state index contributed by atoms with van der Waals surface area (Å²) in [5, 5.41) is 0. The van der Waals surface area contributed by atoms with Gasteiger partial charge in [0.15, 0.2) is 0 Å². The Balaban J connectivity index is 2.61. The van der Waals surface area contributed by atoms with Crippen LogP contribution in [0.4, 0.5) is 5.69 Å². The molecule has 1 aliphatic rings. The van der Waals surface area contributed by atoms with Crippen molar-refractivity contribution in [2.75, 3.05) is 5.73 Å². The van der Waals surface area contributed by atoms with Crippen molar-refractivity contribution in [3.05, 3.63) is 32.9 Å². The third-order valence-electron chi connectivity index (χ3n) is 1.89. The third-order valence-corrected chi connectivity index (χ3v) is 2.58. The molecule has 0 heterocycles. The Kier molecular flexibility index (Phi) is 1.64. The van der Waals surface area contributed by atoms with Crippen molar-refractivity contribution in [1.29, 1.82) is 0 Å². The minimum atomic E-state index is 0.897. The lowest BCUT2D eigenvalue weighted by molar-refractivity contribution is 1.30. The van der Waals surface area contributed by atoms with Crippen molar-refractivity contribution < 1.29 is 0 Å². The molecule has 0 spiro atoms. The third kappa shape index (κ3) is 1.15. The molecule has 2 heteroatoms. The summed E-state index contributed by atoms with van der Waals surface area (Å²) in [5.74, 6) is 0. The molecule has 0 atom stereocenters. The van der Waals surface area contributed by atoms with Crippen LogP contribution in [0.1, 0.15) is 11.1 Å². The van der Waals surface area contributed by atoms with Crippen molar-refractivity contribution in [2.24, 2.45) is 0 Å². The Morgan fingerprint density at radius 2 is 2.18 bits per heavy atom. The summed E-state index contributed by atoms with van der Waals surface area (Å²) in [7, 11) is 0. The van der Waals surface area contributed by atoms with Gasteiger partial charge in [-0.3, -0.25) is 0 Å². The van der Waals surface area contributed by atoms with Gasteiger partial charge in [0.2, 0.25) is 0 Å². The second kappa shape index (κ2) is 2.52. The van der Waals surface area contributed by atoms with Gasteiger partial charge in [-0.1, -0.05) is 12.1 Å². The number of hydrogen-bond acceptors (Lipinski definition) is 1. The topological polar surface area (TPSA) is 26.0 Å². The Morgan fingerprint density at radius 1 is 1.36 bits per heavy atom. The SMILES string of the molecule is Nc1cccc2c1C=C(I)C2. The van der Waals surface area contributed by atoms with Gasteiger partial charge in [0, 0.05) is 17.7 Å². The monoisotopic (exact) mass is 257 g/mol. The van der Waals surface area contributed by atoms with Gasteiger partial charge in [0.25, 0.3) is 0 Å². The van der Waals surface area contributed by atoms with Crippen LogP contribution in [0, 0.1) is 0 Å². The van der Waals surface area contributed by atoms with Crippen LogP contribution in [0.15, 0.2) is 21.8 Å². The molecule has 1 aromatic rings. The molecule has 0 unspecified atom stereocenters. The number of anilines is 1. The highest BCUT2D eigenvalue weighted by molar-refractivity contribution is 14.1. The van der Waals surface area contributed by atoms with Gasteiger partial charge in [0.1, 0.15) is 0 Å². The minimum absolute atomic E-state index is 0.897. The van der Waals surface area contributed by atoms with Gasteiger partial charge in [0.05, 0.1) is 0 Å². The van der Waals surface area contributed by atoms with Crippen LogP contribution in [0.3, 0.4) is 0 Å². The van der Waals surface area contributed by atoms with Gasteiger partial charge < -0.3 is 5.73 Å². The van der Waals surface area contributed by atoms with Crippen molar-refractivity contribution in [3.8, 4) is 0 Å². The summed E-state index contributed by atoms with van der Waals surface area (Å²) >= 11 is 2.35. The zero-order chi connectivity index (χ0) is 7.84. The van der Waals surface area contributed by atoms with Crippen LogP contribution in [0.2, 0.25) is 0 Å². The maximum absolute atomic E-state index is 5.79. The van der Waals surface area contributed by atoms with Crippen molar-refractivity contribution >= 4 is 34.4 Å². The van der Waals surface area contributed by atoms with E-state index in [1.54, 1.807) is 0 Å². The van der Waals surface area contributed by atoms with Crippen molar-refractivity contribution in [3.63, 3.8) is 0 Å². The minimum Gasteiger partial charge on any atom is -0.398 e. The number of fused-ring (bicyclic) bond motifs is 1. The van der Waals surface area contributed by atoms with Crippen molar-refractivity contribution in [2.45, 2.75) is 6.42 Å². The molecular formula is C9H8IN. The van der Waals surface area contributed by atoms with E-state index in [0.29, 0.717) is 0 Å². The second-order valence-electron chi connectivity index (χ2n) is 2.69. The largest absolute Gasteiger partial charge is 0.398 e. The summed E-state index contributed by atoms with van der Waals surface area (Å²) in [6, 6.07) is 6.09. The van der Waals surface area contributed by atoms with E-state index < -0.39 is 0 Å². The van der Waals surface area contributed by atoms with Crippen LogP contribution in [0.5, 0.6) is 0 Å². The number of hydrogen-bond donors (Lipinski definition) is 1. The van der Waals surface area contributed by atoms with Crippen LogP contribution in [-0.4, -0.2) is 0 Å². The van der Waals surface area contributed by atoms with Gasteiger partial charge in [-0.25, -0.2) is 0 Å². The van der Waals surface area contributed by atoms with Gasteiger partial charge in [-0.05, 0) is 43.9 Å². The molecule has 0 saturated heterocycles. The van der Waals surface area contributed by atoms with E-state index >= 15 is 0 Å². The fourth-order valence-corrected chi connectivity index (χ4v) is 2.07. The number of rotatable bonds is 0. The Labute approximate surface area is 79.4 Å². The molecule has 0 saturated carbocycles. The maximum Gasteiger partial charge on any atom is 0.0390 e. The van der Waals surface area contributed by atoms with Gasteiger partial charge >= 0.3 is 0 Å². The predicted octanol–water partition coefficient (Wildman–Crippen LogP) is 2.60. The first kappa shape index (κ1) is 7.16. The Bertz CT molecular complexity index is 328. The predicted molar refractivity (Wildman–Crippen MR) is 56.6 cm³/mol. The first-order chi connectivity index (χ1) is 5.27. The smallest absolute Gasteiger partial charge is 0.0390 e. The highest BCUT2D eigenvalue weighted by Gasteiger charge is 2.11. The van der Waals surface area contributed by atoms with E-state index in [1.807, 2.05) is 12.1 Å². The standard InChI is InChI=1S/C9H8IN/c10-7-4-6-2-1-3-9(11)8(6)5-7/h1-3,5H,4,11H2. The first-order valence-electron chi connectivity index (χ1n) is 3.51. The number of halogens is 1. The van der Waals surface area contributed by atoms with E-state index in [2.05, 4.69) is 34.7 Å². The Morgan fingerprint density at radius 3 is 2.91 bits per heavy atom. The molecule has 2 N–H and O–H groups in total. The van der Waals surface area contributed by atoms with Gasteiger partial charge in [-0.15, -0.1) is 0 Å². The van der Waals surface area contributed by atoms with Crippen LogP contribution >= 0.6 is 22.6 Å². The number of allylic oxidation sites excluding steroid dienone is 1. The molecule has 0 aromatic heterocycles. The molecular weight excluding hydrogens is 249 g/mol. The van der Waals surface area contributed by atoms with E-state index in [4.69, 9.17) is 5.73 Å². The van der Waals surface area contributed by atoms with Crippen LogP contribution in [-0.2, 0) is 6.42 Å². The molecule has 1 aromatic carbocycles. The normalized spacial score (nSPS) is 14.5. The summed E-state index contributed by atoms with van der Waals surface area (Å²) in [6.45, 7) is 0. The molecule has 2 rings (SSSR count). The maximum atomic E-state index is 5.79. The Hall–Kier alpha value is -0.510. The average molecular weight is 257 g/mol. The molecule has 0 aliphatic heterocycles. The van der Waals surface area contributed by atoms with Crippen molar-refractivity contribution in [1.82, 2.24) is 0 Å². The molecule has 0 radical (unpaired) electrons. The molecule has 56 valence electrons. The van der Waals surface area contributed by atoms with E-state index in [9.17, 15) is 0 Å². The quantitative estimate of drug-likeness (QED) is 0.561. The lowest BCUT2D eigenvalue weighted by Gasteiger charge is -1.99. The fraction of sp³-hybridized carbons (Fsp3) is 0.111. The van der Waals surface area contributed by atoms with E-state index in [0.717, 1.165) is 12.1 Å². The molecule has 0 bridgehead atoms. The highest BCUT2D eigenvalue weighted by atomic mass is 127. The van der Waals surface area contributed by atoms with Crippen LogP contribution < -0.4 is 5.73 Å².